The van der Waals surface area contributed by atoms with Crippen LogP contribution in [0.4, 0.5) is 4.79 Å². The molecule has 0 bridgehead atoms. The van der Waals surface area contributed by atoms with Crippen molar-refractivity contribution in [3.8, 4) is 0 Å². The van der Waals surface area contributed by atoms with Gasteiger partial charge in [0.15, 0.2) is 0 Å². The zero-order valence-corrected chi connectivity index (χ0v) is 18.6. The molecule has 1 atom stereocenters. The Balaban J connectivity index is 1.75. The molecule has 0 spiro atoms. The number of likely N-dealkylation sites (tertiary alicyclic amines) is 1. The second-order valence-corrected chi connectivity index (χ2v) is 9.77. The highest BCUT2D eigenvalue weighted by Crippen LogP contribution is 2.24. The minimum atomic E-state index is -0.677. The summed E-state index contributed by atoms with van der Waals surface area (Å²) in [7, 11) is 0. The number of thiazole rings is 1. The fraction of sp³-hybridized carbons (Fsp3) is 0.591. The number of benzene rings is 1. The predicted molar refractivity (Wildman–Crippen MR) is 116 cm³/mol. The molecule has 2 aromatic rings. The van der Waals surface area contributed by atoms with Gasteiger partial charge < -0.3 is 15.0 Å². The number of nitrogens with one attached hydrogen (secondary N) is 1. The molecule has 1 fully saturated rings. The van der Waals surface area contributed by atoms with Crippen molar-refractivity contribution >= 4 is 33.6 Å². The maximum absolute atomic E-state index is 13.2. The summed E-state index contributed by atoms with van der Waals surface area (Å²) in [6.07, 6.45) is 2.98. The van der Waals surface area contributed by atoms with E-state index in [0.717, 1.165) is 47.6 Å². The van der Waals surface area contributed by atoms with Crippen LogP contribution in [0.15, 0.2) is 24.3 Å². The van der Waals surface area contributed by atoms with Gasteiger partial charge in [-0.3, -0.25) is 4.79 Å². The maximum Gasteiger partial charge on any atom is 0.408 e. The van der Waals surface area contributed by atoms with E-state index in [1.54, 1.807) is 11.3 Å². The van der Waals surface area contributed by atoms with Gasteiger partial charge in [0, 0.05) is 19.5 Å². The molecule has 1 N–H and O–H groups in total. The number of piperidine rings is 1. The SMILES string of the molecule is CCC1CCN(C(=O)[C@H](Cc2nc3ccccc3s2)NC(=O)OC(C)(C)C)CC1. The highest BCUT2D eigenvalue weighted by atomic mass is 32.1. The zero-order chi connectivity index (χ0) is 21.0. The third-order valence-electron chi connectivity index (χ3n) is 5.21. The molecule has 7 heteroatoms. The number of carbonyl (C=O) groups excluding carboxylic acids is 2. The first-order valence-corrected chi connectivity index (χ1v) is 11.2. The van der Waals surface area contributed by atoms with Crippen LogP contribution in [0.2, 0.25) is 0 Å². The predicted octanol–water partition coefficient (Wildman–Crippen LogP) is 4.38. The van der Waals surface area contributed by atoms with Crippen molar-refractivity contribution in [1.29, 1.82) is 0 Å². The molecule has 1 saturated heterocycles. The number of ether oxygens (including phenoxy) is 1. The quantitative estimate of drug-likeness (QED) is 0.784. The molecule has 1 aromatic heterocycles. The monoisotopic (exact) mass is 417 g/mol. The molecule has 0 aliphatic carbocycles. The average molecular weight is 418 g/mol. The van der Waals surface area contributed by atoms with Gasteiger partial charge in [0.05, 0.1) is 15.2 Å². The Morgan fingerprint density at radius 3 is 2.59 bits per heavy atom. The molecule has 0 saturated carbocycles. The lowest BCUT2D eigenvalue weighted by Gasteiger charge is -2.34. The van der Waals surface area contributed by atoms with Crippen molar-refractivity contribution in [2.75, 3.05) is 13.1 Å². The minimum Gasteiger partial charge on any atom is -0.444 e. The van der Waals surface area contributed by atoms with E-state index in [9.17, 15) is 9.59 Å². The number of nitrogens with zero attached hydrogens (tertiary/aromatic N) is 2. The van der Waals surface area contributed by atoms with Crippen LogP contribution in [-0.2, 0) is 16.0 Å². The Labute approximate surface area is 176 Å². The van der Waals surface area contributed by atoms with Crippen LogP contribution < -0.4 is 5.32 Å². The molecule has 1 aromatic carbocycles. The Bertz CT molecular complexity index is 817. The Morgan fingerprint density at radius 1 is 1.28 bits per heavy atom. The number of carbonyl (C=O) groups is 2. The Morgan fingerprint density at radius 2 is 1.97 bits per heavy atom. The highest BCUT2D eigenvalue weighted by Gasteiger charge is 2.31. The van der Waals surface area contributed by atoms with Crippen LogP contribution in [0.25, 0.3) is 10.2 Å². The molecule has 6 nitrogen and oxygen atoms in total. The summed E-state index contributed by atoms with van der Waals surface area (Å²) >= 11 is 1.56. The lowest BCUT2D eigenvalue weighted by molar-refractivity contribution is -0.134. The lowest BCUT2D eigenvalue weighted by Crippen LogP contribution is -2.52. The van der Waals surface area contributed by atoms with Crippen molar-refractivity contribution in [2.24, 2.45) is 5.92 Å². The first kappa shape index (κ1) is 21.6. The summed E-state index contributed by atoms with van der Waals surface area (Å²) in [6, 6.07) is 7.23. The molecule has 2 amide bonds. The molecule has 1 aliphatic heterocycles. The van der Waals surface area contributed by atoms with Crippen molar-refractivity contribution in [2.45, 2.75) is 65.0 Å². The van der Waals surface area contributed by atoms with Crippen LogP contribution in [0.1, 0.15) is 52.0 Å². The van der Waals surface area contributed by atoms with Gasteiger partial charge in [-0.25, -0.2) is 9.78 Å². The van der Waals surface area contributed by atoms with Gasteiger partial charge in [0.2, 0.25) is 5.91 Å². The average Bonchev–Trinajstić information content (AvgIpc) is 3.08. The van der Waals surface area contributed by atoms with Gasteiger partial charge in [-0.2, -0.15) is 0 Å². The first-order valence-electron chi connectivity index (χ1n) is 10.4. The summed E-state index contributed by atoms with van der Waals surface area (Å²) in [4.78, 5) is 32.2. The topological polar surface area (TPSA) is 71.5 Å². The number of para-hydroxylation sites is 1. The van der Waals surface area contributed by atoms with E-state index in [-0.39, 0.29) is 5.91 Å². The van der Waals surface area contributed by atoms with E-state index >= 15 is 0 Å². The van der Waals surface area contributed by atoms with Gasteiger partial charge in [-0.1, -0.05) is 25.5 Å². The molecule has 2 heterocycles. The number of hydrogen-bond donors (Lipinski definition) is 1. The largest absolute Gasteiger partial charge is 0.444 e. The molecule has 158 valence electrons. The Hall–Kier alpha value is -2.15. The van der Waals surface area contributed by atoms with Crippen molar-refractivity contribution in [3.05, 3.63) is 29.3 Å². The number of aromatic nitrogens is 1. The number of amides is 2. The van der Waals surface area contributed by atoms with E-state index in [4.69, 9.17) is 4.74 Å². The normalized spacial score (nSPS) is 16.6. The summed E-state index contributed by atoms with van der Waals surface area (Å²) in [5.41, 5.74) is 0.298. The fourth-order valence-electron chi connectivity index (χ4n) is 3.61. The van der Waals surface area contributed by atoms with E-state index in [1.165, 1.54) is 0 Å². The third-order valence-corrected chi connectivity index (χ3v) is 6.27. The molecular formula is C22H31N3O3S. The van der Waals surface area contributed by atoms with Crippen molar-refractivity contribution in [1.82, 2.24) is 15.2 Å². The van der Waals surface area contributed by atoms with E-state index in [0.29, 0.717) is 12.3 Å². The van der Waals surface area contributed by atoms with Gasteiger partial charge >= 0.3 is 6.09 Å². The summed E-state index contributed by atoms with van der Waals surface area (Å²) < 4.78 is 6.48. The lowest BCUT2D eigenvalue weighted by atomic mass is 9.94. The van der Waals surface area contributed by atoms with Crippen molar-refractivity contribution < 1.29 is 14.3 Å². The van der Waals surface area contributed by atoms with E-state index < -0.39 is 17.7 Å². The zero-order valence-electron chi connectivity index (χ0n) is 17.7. The molecule has 0 unspecified atom stereocenters. The number of hydrogen-bond acceptors (Lipinski definition) is 5. The third kappa shape index (κ3) is 5.92. The summed E-state index contributed by atoms with van der Waals surface area (Å²) in [5, 5.41) is 3.64. The van der Waals surface area contributed by atoms with Crippen molar-refractivity contribution in [3.63, 3.8) is 0 Å². The van der Waals surface area contributed by atoms with Gasteiger partial charge in [0.1, 0.15) is 11.6 Å². The number of rotatable bonds is 5. The van der Waals surface area contributed by atoms with Crippen LogP contribution >= 0.6 is 11.3 Å². The smallest absolute Gasteiger partial charge is 0.408 e. The standard InChI is InChI=1S/C22H31N3O3S/c1-5-15-10-12-25(13-11-15)20(26)17(24-21(27)28-22(2,3)4)14-19-23-16-8-6-7-9-18(16)29-19/h6-9,15,17H,5,10-14H2,1-4H3,(H,24,27)/t17-/m0/s1. The van der Waals surface area contributed by atoms with E-state index in [2.05, 4.69) is 17.2 Å². The second-order valence-electron chi connectivity index (χ2n) is 8.66. The van der Waals surface area contributed by atoms with Gasteiger partial charge in [0.25, 0.3) is 0 Å². The molecule has 1 aliphatic rings. The second kappa shape index (κ2) is 9.11. The summed E-state index contributed by atoms with van der Waals surface area (Å²) in [6.45, 7) is 9.11. The molecule has 3 rings (SSSR count). The number of alkyl carbamates (subject to hydrolysis) is 1. The van der Waals surface area contributed by atoms with Crippen LogP contribution in [0.3, 0.4) is 0 Å². The fourth-order valence-corrected chi connectivity index (χ4v) is 4.63. The maximum atomic E-state index is 13.2. The van der Waals surface area contributed by atoms with Crippen LogP contribution in [0.5, 0.6) is 0 Å². The van der Waals surface area contributed by atoms with E-state index in [1.807, 2.05) is 49.9 Å². The van der Waals surface area contributed by atoms with Crippen LogP contribution in [-0.4, -0.2) is 46.6 Å². The summed E-state index contributed by atoms with van der Waals surface area (Å²) in [5.74, 6) is 0.630. The highest BCUT2D eigenvalue weighted by molar-refractivity contribution is 7.18. The molecule has 29 heavy (non-hydrogen) atoms. The molecule has 0 radical (unpaired) electrons. The van der Waals surface area contributed by atoms with Gasteiger partial charge in [-0.15, -0.1) is 11.3 Å². The van der Waals surface area contributed by atoms with Gasteiger partial charge in [-0.05, 0) is 51.7 Å². The minimum absolute atomic E-state index is 0.0512. The Kier molecular flexibility index (Phi) is 6.77. The molecular weight excluding hydrogens is 386 g/mol. The van der Waals surface area contributed by atoms with Crippen LogP contribution in [0, 0.1) is 5.92 Å². The number of fused-ring (bicyclic) bond motifs is 1. The first-order chi connectivity index (χ1) is 13.7.